The SMILES string of the molecule is CCC(CC)(CN)C(=O)CCc1ccnn1C. The van der Waals surface area contributed by atoms with Crippen molar-refractivity contribution in [2.45, 2.75) is 39.5 Å². The topological polar surface area (TPSA) is 60.9 Å². The van der Waals surface area contributed by atoms with E-state index in [-0.39, 0.29) is 11.2 Å². The predicted molar refractivity (Wildman–Crippen MR) is 68.6 cm³/mol. The predicted octanol–water partition coefficient (Wildman–Crippen LogP) is 1.69. The molecule has 0 spiro atoms. The van der Waals surface area contributed by atoms with Crippen LogP contribution in [0, 0.1) is 5.41 Å². The molecule has 0 saturated carbocycles. The molecule has 96 valence electrons. The Kier molecular flexibility index (Phi) is 4.87. The second-order valence-corrected chi connectivity index (χ2v) is 4.56. The molecule has 4 nitrogen and oxygen atoms in total. The highest BCUT2D eigenvalue weighted by Gasteiger charge is 2.32. The first-order chi connectivity index (χ1) is 8.09. The van der Waals surface area contributed by atoms with Crippen LogP contribution in [0.15, 0.2) is 12.3 Å². The smallest absolute Gasteiger partial charge is 0.140 e. The zero-order valence-electron chi connectivity index (χ0n) is 11.1. The summed E-state index contributed by atoms with van der Waals surface area (Å²) in [7, 11) is 1.90. The van der Waals surface area contributed by atoms with Gasteiger partial charge < -0.3 is 5.73 Å². The van der Waals surface area contributed by atoms with Crippen LogP contribution in [0.1, 0.15) is 38.8 Å². The van der Waals surface area contributed by atoms with Crippen LogP contribution in [0.2, 0.25) is 0 Å². The maximum absolute atomic E-state index is 12.3. The Hall–Kier alpha value is -1.16. The van der Waals surface area contributed by atoms with Gasteiger partial charge in [0.1, 0.15) is 5.78 Å². The molecule has 0 fully saturated rings. The second kappa shape index (κ2) is 5.96. The minimum Gasteiger partial charge on any atom is -0.329 e. The molecule has 0 aliphatic carbocycles. The molecule has 4 heteroatoms. The summed E-state index contributed by atoms with van der Waals surface area (Å²) in [6.45, 7) is 4.53. The maximum Gasteiger partial charge on any atom is 0.140 e. The fraction of sp³-hybridized carbons (Fsp3) is 0.692. The molecule has 0 radical (unpaired) electrons. The van der Waals surface area contributed by atoms with Crippen LogP contribution < -0.4 is 5.73 Å². The van der Waals surface area contributed by atoms with Crippen LogP contribution in [0.3, 0.4) is 0 Å². The van der Waals surface area contributed by atoms with Gasteiger partial charge in [-0.3, -0.25) is 9.48 Å². The molecule has 0 aliphatic rings. The average Bonchev–Trinajstić information content (AvgIpc) is 2.75. The van der Waals surface area contributed by atoms with Crippen molar-refractivity contribution in [1.29, 1.82) is 0 Å². The Morgan fingerprint density at radius 3 is 2.53 bits per heavy atom. The third-order valence-electron chi connectivity index (χ3n) is 3.87. The number of nitrogens with two attached hydrogens (primary N) is 1. The van der Waals surface area contributed by atoms with E-state index in [0.717, 1.165) is 25.0 Å². The fourth-order valence-electron chi connectivity index (χ4n) is 2.20. The van der Waals surface area contributed by atoms with Crippen molar-refractivity contribution in [3.63, 3.8) is 0 Å². The lowest BCUT2D eigenvalue weighted by atomic mass is 9.76. The Balaban J connectivity index is 2.63. The van der Waals surface area contributed by atoms with E-state index in [1.807, 2.05) is 31.6 Å². The molecule has 0 saturated heterocycles. The quantitative estimate of drug-likeness (QED) is 0.785. The van der Waals surface area contributed by atoms with Crippen LogP contribution in [0.5, 0.6) is 0 Å². The van der Waals surface area contributed by atoms with Crippen molar-refractivity contribution in [2.75, 3.05) is 6.54 Å². The van der Waals surface area contributed by atoms with E-state index in [0.29, 0.717) is 13.0 Å². The Morgan fingerprint density at radius 2 is 2.12 bits per heavy atom. The number of carbonyl (C=O) groups is 1. The van der Waals surface area contributed by atoms with Crippen molar-refractivity contribution in [1.82, 2.24) is 9.78 Å². The van der Waals surface area contributed by atoms with Gasteiger partial charge in [-0.1, -0.05) is 13.8 Å². The van der Waals surface area contributed by atoms with E-state index in [4.69, 9.17) is 5.73 Å². The third kappa shape index (κ3) is 2.94. The van der Waals surface area contributed by atoms with Crippen LogP contribution in [-0.2, 0) is 18.3 Å². The highest BCUT2D eigenvalue weighted by atomic mass is 16.1. The minimum absolute atomic E-state index is 0.284. The number of aromatic nitrogens is 2. The van der Waals surface area contributed by atoms with E-state index in [2.05, 4.69) is 5.10 Å². The number of Topliss-reactive ketones (excluding diaryl/α,β-unsaturated/α-hetero) is 1. The average molecular weight is 237 g/mol. The number of hydrogen-bond acceptors (Lipinski definition) is 3. The van der Waals surface area contributed by atoms with Gasteiger partial charge in [-0.25, -0.2) is 0 Å². The minimum atomic E-state index is -0.321. The molecule has 1 aromatic heterocycles. The van der Waals surface area contributed by atoms with E-state index >= 15 is 0 Å². The molecule has 17 heavy (non-hydrogen) atoms. The first-order valence-electron chi connectivity index (χ1n) is 6.30. The Morgan fingerprint density at radius 1 is 1.47 bits per heavy atom. The number of hydrogen-bond donors (Lipinski definition) is 1. The molecular weight excluding hydrogens is 214 g/mol. The molecule has 1 rings (SSSR count). The van der Waals surface area contributed by atoms with Gasteiger partial charge in [0.25, 0.3) is 0 Å². The lowest BCUT2D eigenvalue weighted by Crippen LogP contribution is -2.37. The number of ketones is 1. The van der Waals surface area contributed by atoms with Crippen LogP contribution in [0.4, 0.5) is 0 Å². The highest BCUT2D eigenvalue weighted by Crippen LogP contribution is 2.28. The normalized spacial score (nSPS) is 11.8. The Labute approximate surface area is 103 Å². The number of nitrogens with zero attached hydrogens (tertiary/aromatic N) is 2. The van der Waals surface area contributed by atoms with Crippen LogP contribution in [-0.4, -0.2) is 22.1 Å². The third-order valence-corrected chi connectivity index (χ3v) is 3.87. The standard InChI is InChI=1S/C13H23N3O/c1-4-13(5-2,10-14)12(17)7-6-11-8-9-15-16(11)3/h8-9H,4-7,10,14H2,1-3H3. The lowest BCUT2D eigenvalue weighted by molar-refractivity contribution is -0.128. The van der Waals surface area contributed by atoms with Gasteiger partial charge in [0.2, 0.25) is 0 Å². The molecule has 0 unspecified atom stereocenters. The summed E-state index contributed by atoms with van der Waals surface area (Å²) < 4.78 is 1.81. The van der Waals surface area contributed by atoms with E-state index in [1.54, 1.807) is 6.20 Å². The summed E-state index contributed by atoms with van der Waals surface area (Å²) in [6.07, 6.45) is 4.71. The van der Waals surface area contributed by atoms with Gasteiger partial charge in [0.05, 0.1) is 0 Å². The van der Waals surface area contributed by atoms with Gasteiger partial charge in [0, 0.05) is 37.3 Å². The summed E-state index contributed by atoms with van der Waals surface area (Å²) >= 11 is 0. The van der Waals surface area contributed by atoms with Crippen LogP contribution >= 0.6 is 0 Å². The van der Waals surface area contributed by atoms with Crippen molar-refractivity contribution < 1.29 is 4.79 Å². The van der Waals surface area contributed by atoms with Gasteiger partial charge in [-0.15, -0.1) is 0 Å². The molecule has 2 N–H and O–H groups in total. The summed E-state index contributed by atoms with van der Waals surface area (Å²) in [6, 6.07) is 1.95. The van der Waals surface area contributed by atoms with Crippen molar-refractivity contribution >= 4 is 5.78 Å². The van der Waals surface area contributed by atoms with Crippen LogP contribution in [0.25, 0.3) is 0 Å². The first kappa shape index (κ1) is 13.9. The molecule has 1 aromatic rings. The number of rotatable bonds is 7. The van der Waals surface area contributed by atoms with Crippen molar-refractivity contribution in [2.24, 2.45) is 18.2 Å². The number of aryl methyl sites for hydroxylation is 2. The summed E-state index contributed by atoms with van der Waals surface area (Å²) in [5.41, 5.74) is 6.54. The number of carbonyl (C=O) groups excluding carboxylic acids is 1. The van der Waals surface area contributed by atoms with Crippen molar-refractivity contribution in [3.8, 4) is 0 Å². The molecule has 0 amide bonds. The molecule has 0 atom stereocenters. The summed E-state index contributed by atoms with van der Waals surface area (Å²) in [4.78, 5) is 12.3. The zero-order valence-corrected chi connectivity index (χ0v) is 11.1. The van der Waals surface area contributed by atoms with E-state index in [9.17, 15) is 4.79 Å². The monoisotopic (exact) mass is 237 g/mol. The maximum atomic E-state index is 12.3. The molecule has 1 heterocycles. The summed E-state index contributed by atoms with van der Waals surface area (Å²) in [5.74, 6) is 0.284. The van der Waals surface area contributed by atoms with E-state index in [1.165, 1.54) is 0 Å². The van der Waals surface area contributed by atoms with Gasteiger partial charge in [0.15, 0.2) is 0 Å². The molecular formula is C13H23N3O. The largest absolute Gasteiger partial charge is 0.329 e. The molecule has 0 aromatic carbocycles. The first-order valence-corrected chi connectivity index (χ1v) is 6.30. The zero-order chi connectivity index (χ0) is 12.9. The van der Waals surface area contributed by atoms with Crippen molar-refractivity contribution in [3.05, 3.63) is 18.0 Å². The molecule has 0 bridgehead atoms. The molecule has 0 aliphatic heterocycles. The fourth-order valence-corrected chi connectivity index (χ4v) is 2.20. The van der Waals surface area contributed by atoms with Gasteiger partial charge in [-0.2, -0.15) is 5.10 Å². The summed E-state index contributed by atoms with van der Waals surface area (Å²) in [5, 5.41) is 4.10. The lowest BCUT2D eigenvalue weighted by Gasteiger charge is -2.28. The van der Waals surface area contributed by atoms with Gasteiger partial charge >= 0.3 is 0 Å². The van der Waals surface area contributed by atoms with E-state index < -0.39 is 0 Å². The van der Waals surface area contributed by atoms with Gasteiger partial charge in [-0.05, 0) is 25.3 Å². The second-order valence-electron chi connectivity index (χ2n) is 4.56. The Bertz CT molecular complexity index is 358. The highest BCUT2D eigenvalue weighted by molar-refractivity contribution is 5.85.